The summed E-state index contributed by atoms with van der Waals surface area (Å²) >= 11 is 0. The third-order valence-electron chi connectivity index (χ3n) is 3.88. The Hall–Kier alpha value is -1.97. The monoisotopic (exact) mass is 306 g/mol. The lowest BCUT2D eigenvalue weighted by Gasteiger charge is -2.25. The van der Waals surface area contributed by atoms with E-state index in [1.807, 2.05) is 12.1 Å². The van der Waals surface area contributed by atoms with Crippen molar-refractivity contribution >= 4 is 12.0 Å². The zero-order chi connectivity index (χ0) is 16.8. The first kappa shape index (κ1) is 18.1. The first-order valence-electron chi connectivity index (χ1n) is 7.50. The molecule has 22 heavy (non-hydrogen) atoms. The highest BCUT2D eigenvalue weighted by molar-refractivity contribution is 5.88. The average molecular weight is 306 g/mol. The van der Waals surface area contributed by atoms with Crippen molar-refractivity contribution in [2.45, 2.75) is 39.5 Å². The zero-order valence-electron chi connectivity index (χ0n) is 14.4. The van der Waals surface area contributed by atoms with Crippen LogP contribution in [0.15, 0.2) is 18.2 Å². The van der Waals surface area contributed by atoms with Crippen LogP contribution in [0.3, 0.4) is 0 Å². The van der Waals surface area contributed by atoms with E-state index in [0.717, 1.165) is 17.5 Å². The van der Waals surface area contributed by atoms with E-state index in [1.165, 1.54) is 6.08 Å². The summed E-state index contributed by atoms with van der Waals surface area (Å²) in [5.41, 5.74) is 1.88. The minimum absolute atomic E-state index is 0.0178. The molecular weight excluding hydrogens is 280 g/mol. The predicted molar refractivity (Wildman–Crippen MR) is 88.5 cm³/mol. The maximum atomic E-state index is 11.5. The summed E-state index contributed by atoms with van der Waals surface area (Å²) in [6.45, 7) is 8.62. The lowest BCUT2D eigenvalue weighted by Crippen LogP contribution is -2.16. The van der Waals surface area contributed by atoms with E-state index in [1.54, 1.807) is 27.2 Å². The van der Waals surface area contributed by atoms with Gasteiger partial charge in [0.15, 0.2) is 0 Å². The van der Waals surface area contributed by atoms with Gasteiger partial charge in [0.2, 0.25) is 0 Å². The van der Waals surface area contributed by atoms with Crippen LogP contribution < -0.4 is 9.47 Å². The standard InChI is InChI=1S/C18H26O4/c1-7-18(3,4)13-11-15(20-5)14(16(12-13)21-6)9-10-17(19)22-8-2/h9-12H,7-8H2,1-6H3/b10-9+. The fourth-order valence-electron chi connectivity index (χ4n) is 2.04. The third kappa shape index (κ3) is 4.26. The molecule has 0 atom stereocenters. The molecule has 0 bridgehead atoms. The fourth-order valence-corrected chi connectivity index (χ4v) is 2.04. The second-order valence-corrected chi connectivity index (χ2v) is 5.62. The normalized spacial score (nSPS) is 11.5. The molecule has 1 rings (SSSR count). The van der Waals surface area contributed by atoms with E-state index >= 15 is 0 Å². The predicted octanol–water partition coefficient (Wildman–Crippen LogP) is 3.97. The van der Waals surface area contributed by atoms with Crippen LogP contribution in [-0.2, 0) is 14.9 Å². The second-order valence-electron chi connectivity index (χ2n) is 5.62. The number of esters is 1. The molecule has 0 aliphatic rings. The van der Waals surface area contributed by atoms with Crippen molar-refractivity contribution in [1.82, 2.24) is 0 Å². The van der Waals surface area contributed by atoms with Gasteiger partial charge in [0.25, 0.3) is 0 Å². The lowest BCUT2D eigenvalue weighted by molar-refractivity contribution is -0.137. The van der Waals surface area contributed by atoms with Crippen LogP contribution in [0.5, 0.6) is 11.5 Å². The smallest absolute Gasteiger partial charge is 0.330 e. The number of carbonyl (C=O) groups excluding carboxylic acids is 1. The highest BCUT2D eigenvalue weighted by Gasteiger charge is 2.22. The van der Waals surface area contributed by atoms with Crippen LogP contribution in [-0.4, -0.2) is 26.8 Å². The number of ether oxygens (including phenoxy) is 3. The summed E-state index contributed by atoms with van der Waals surface area (Å²) in [6, 6.07) is 3.99. The van der Waals surface area contributed by atoms with Crippen LogP contribution in [0.1, 0.15) is 45.2 Å². The number of hydrogen-bond acceptors (Lipinski definition) is 4. The van der Waals surface area contributed by atoms with Gasteiger partial charge in [0.05, 0.1) is 26.4 Å². The van der Waals surface area contributed by atoms with Crippen molar-refractivity contribution in [3.8, 4) is 11.5 Å². The molecular formula is C18H26O4. The largest absolute Gasteiger partial charge is 0.496 e. The Morgan fingerprint density at radius 1 is 1.14 bits per heavy atom. The first-order valence-corrected chi connectivity index (χ1v) is 7.50. The molecule has 4 heteroatoms. The first-order chi connectivity index (χ1) is 10.4. The summed E-state index contributed by atoms with van der Waals surface area (Å²) in [4.78, 5) is 11.5. The van der Waals surface area contributed by atoms with Gasteiger partial charge in [-0.05, 0) is 42.5 Å². The van der Waals surface area contributed by atoms with E-state index in [9.17, 15) is 4.79 Å². The van der Waals surface area contributed by atoms with Gasteiger partial charge in [0, 0.05) is 6.08 Å². The molecule has 0 N–H and O–H groups in total. The Kier molecular flexibility index (Phi) is 6.47. The van der Waals surface area contributed by atoms with Gasteiger partial charge in [-0.2, -0.15) is 0 Å². The van der Waals surface area contributed by atoms with Crippen molar-refractivity contribution in [3.63, 3.8) is 0 Å². The molecule has 0 radical (unpaired) electrons. The maximum Gasteiger partial charge on any atom is 0.330 e. The summed E-state index contributed by atoms with van der Waals surface area (Å²) in [5, 5.41) is 0. The molecule has 1 aromatic carbocycles. The highest BCUT2D eigenvalue weighted by Crippen LogP contribution is 2.37. The van der Waals surface area contributed by atoms with Crippen molar-refractivity contribution in [2.75, 3.05) is 20.8 Å². The van der Waals surface area contributed by atoms with Crippen LogP contribution in [0.2, 0.25) is 0 Å². The molecule has 0 aliphatic heterocycles. The molecule has 1 aromatic rings. The number of rotatable bonds is 7. The van der Waals surface area contributed by atoms with Crippen molar-refractivity contribution in [2.24, 2.45) is 0 Å². The van der Waals surface area contributed by atoms with Crippen molar-refractivity contribution in [1.29, 1.82) is 0 Å². The molecule has 0 spiro atoms. The maximum absolute atomic E-state index is 11.5. The van der Waals surface area contributed by atoms with Crippen LogP contribution >= 0.6 is 0 Å². The van der Waals surface area contributed by atoms with Gasteiger partial charge >= 0.3 is 5.97 Å². The molecule has 0 heterocycles. The van der Waals surface area contributed by atoms with Crippen LogP contribution in [0.25, 0.3) is 6.08 Å². The van der Waals surface area contributed by atoms with E-state index in [0.29, 0.717) is 18.1 Å². The number of hydrogen-bond donors (Lipinski definition) is 0. The molecule has 0 saturated carbocycles. The van der Waals surface area contributed by atoms with E-state index in [2.05, 4.69) is 20.8 Å². The number of carbonyl (C=O) groups is 1. The van der Waals surface area contributed by atoms with Crippen molar-refractivity contribution < 1.29 is 19.0 Å². The van der Waals surface area contributed by atoms with E-state index in [4.69, 9.17) is 14.2 Å². The van der Waals surface area contributed by atoms with Gasteiger partial charge < -0.3 is 14.2 Å². The van der Waals surface area contributed by atoms with Crippen LogP contribution in [0.4, 0.5) is 0 Å². The Bertz CT molecular complexity index is 519. The van der Waals surface area contributed by atoms with Crippen LogP contribution in [0, 0.1) is 0 Å². The molecule has 4 nitrogen and oxygen atoms in total. The quantitative estimate of drug-likeness (QED) is 0.565. The molecule has 122 valence electrons. The molecule has 0 saturated heterocycles. The lowest BCUT2D eigenvalue weighted by atomic mass is 9.81. The van der Waals surface area contributed by atoms with Gasteiger partial charge in [-0.15, -0.1) is 0 Å². The molecule has 0 aromatic heterocycles. The number of benzene rings is 1. The molecule has 0 aliphatic carbocycles. The third-order valence-corrected chi connectivity index (χ3v) is 3.88. The summed E-state index contributed by atoms with van der Waals surface area (Å²) in [6.07, 6.45) is 4.05. The van der Waals surface area contributed by atoms with E-state index in [-0.39, 0.29) is 11.4 Å². The Morgan fingerprint density at radius 3 is 2.09 bits per heavy atom. The van der Waals surface area contributed by atoms with Gasteiger partial charge in [-0.1, -0.05) is 20.8 Å². The van der Waals surface area contributed by atoms with Gasteiger partial charge in [-0.3, -0.25) is 0 Å². The van der Waals surface area contributed by atoms with Crippen molar-refractivity contribution in [3.05, 3.63) is 29.3 Å². The summed E-state index contributed by atoms with van der Waals surface area (Å²) in [5.74, 6) is 0.970. The topological polar surface area (TPSA) is 44.8 Å². The minimum Gasteiger partial charge on any atom is -0.496 e. The molecule has 0 amide bonds. The minimum atomic E-state index is -0.385. The highest BCUT2D eigenvalue weighted by atomic mass is 16.5. The van der Waals surface area contributed by atoms with Gasteiger partial charge in [-0.25, -0.2) is 4.79 Å². The molecule has 0 fully saturated rings. The SMILES string of the molecule is CCOC(=O)/C=C/c1c(OC)cc(C(C)(C)CC)cc1OC. The Balaban J connectivity index is 3.30. The fraction of sp³-hybridized carbons (Fsp3) is 0.500. The summed E-state index contributed by atoms with van der Waals surface area (Å²) in [7, 11) is 3.22. The number of methoxy groups -OCH3 is 2. The summed E-state index contributed by atoms with van der Waals surface area (Å²) < 4.78 is 15.9. The zero-order valence-corrected chi connectivity index (χ0v) is 14.4. The van der Waals surface area contributed by atoms with E-state index < -0.39 is 0 Å². The Morgan fingerprint density at radius 2 is 1.68 bits per heavy atom. The molecule has 0 unspecified atom stereocenters. The van der Waals surface area contributed by atoms with Gasteiger partial charge in [0.1, 0.15) is 11.5 Å². The second kappa shape index (κ2) is 7.87. The average Bonchev–Trinajstić information content (AvgIpc) is 2.52. The Labute approximate surface area is 133 Å².